The number of ether oxygens (including phenoxy) is 1. The lowest BCUT2D eigenvalue weighted by atomic mass is 10.0. The van der Waals surface area contributed by atoms with Gasteiger partial charge in [-0.2, -0.15) is 0 Å². The molecule has 8 nitrogen and oxygen atoms in total. The molecular weight excluding hydrogens is 446 g/mol. The molecule has 4 amide bonds. The molecule has 1 aliphatic rings. The van der Waals surface area contributed by atoms with Crippen molar-refractivity contribution in [1.29, 1.82) is 0 Å². The molecule has 0 aromatic carbocycles. The van der Waals surface area contributed by atoms with Crippen molar-refractivity contribution in [1.82, 2.24) is 15.5 Å². The predicted octanol–water partition coefficient (Wildman–Crippen LogP) is 4.03. The van der Waals surface area contributed by atoms with E-state index >= 15 is 0 Å². The summed E-state index contributed by atoms with van der Waals surface area (Å²) >= 11 is 0. The second-order valence-electron chi connectivity index (χ2n) is 9.22. The summed E-state index contributed by atoms with van der Waals surface area (Å²) in [5, 5.41) is 5.54. The van der Waals surface area contributed by atoms with Crippen LogP contribution in [0, 0.1) is 0 Å². The zero-order valence-corrected chi connectivity index (χ0v) is 21.8. The van der Waals surface area contributed by atoms with Gasteiger partial charge in [-0.05, 0) is 6.42 Å². The molecule has 200 valence electrons. The summed E-state index contributed by atoms with van der Waals surface area (Å²) in [5.74, 6) is -0.956. The van der Waals surface area contributed by atoms with Crippen LogP contribution in [0.4, 0.5) is 0 Å². The average molecular weight is 494 g/mol. The Morgan fingerprint density at radius 2 is 1.11 bits per heavy atom. The summed E-state index contributed by atoms with van der Waals surface area (Å²) in [5.41, 5.74) is 0. The van der Waals surface area contributed by atoms with Gasteiger partial charge < -0.3 is 15.4 Å². The van der Waals surface area contributed by atoms with Crippen molar-refractivity contribution >= 4 is 23.6 Å². The minimum absolute atomic E-state index is 0.0606. The van der Waals surface area contributed by atoms with Crippen LogP contribution in [0.15, 0.2) is 12.2 Å². The zero-order valence-electron chi connectivity index (χ0n) is 21.8. The molecule has 1 rings (SSSR count). The molecule has 0 atom stereocenters. The number of nitrogens with zero attached hydrogens (tertiary/aromatic N) is 1. The Labute approximate surface area is 211 Å². The van der Waals surface area contributed by atoms with Crippen molar-refractivity contribution in [2.45, 2.75) is 103 Å². The van der Waals surface area contributed by atoms with E-state index in [1.165, 1.54) is 82.8 Å². The van der Waals surface area contributed by atoms with Gasteiger partial charge in [-0.3, -0.25) is 24.1 Å². The SMILES string of the molecule is CCCCCCCCCCCCCCCC(=O)NCCOCCNC(=O)CCN1C(=O)C=CC1=O. The van der Waals surface area contributed by atoms with Crippen LogP contribution in [0.25, 0.3) is 0 Å². The largest absolute Gasteiger partial charge is 0.378 e. The van der Waals surface area contributed by atoms with Crippen LogP contribution in [0.2, 0.25) is 0 Å². The van der Waals surface area contributed by atoms with Crippen LogP contribution in [-0.2, 0) is 23.9 Å². The fourth-order valence-electron chi connectivity index (χ4n) is 3.97. The van der Waals surface area contributed by atoms with Gasteiger partial charge in [0, 0.05) is 44.6 Å². The first kappa shape index (κ1) is 30.8. The van der Waals surface area contributed by atoms with Crippen molar-refractivity contribution in [2.24, 2.45) is 0 Å². The number of hydrogen-bond donors (Lipinski definition) is 2. The van der Waals surface area contributed by atoms with Crippen molar-refractivity contribution in [2.75, 3.05) is 32.8 Å². The lowest BCUT2D eigenvalue weighted by molar-refractivity contribution is -0.137. The Balaban J connectivity index is 1.80. The van der Waals surface area contributed by atoms with E-state index < -0.39 is 0 Å². The quantitative estimate of drug-likeness (QED) is 0.165. The normalized spacial score (nSPS) is 13.0. The van der Waals surface area contributed by atoms with Gasteiger partial charge in [0.15, 0.2) is 0 Å². The van der Waals surface area contributed by atoms with Crippen LogP contribution in [0.5, 0.6) is 0 Å². The number of carbonyl (C=O) groups is 4. The zero-order chi connectivity index (χ0) is 25.6. The summed E-state index contributed by atoms with van der Waals surface area (Å²) in [6.07, 6.45) is 19.8. The van der Waals surface area contributed by atoms with E-state index in [1.54, 1.807) is 0 Å². The van der Waals surface area contributed by atoms with Crippen molar-refractivity contribution in [3.63, 3.8) is 0 Å². The smallest absolute Gasteiger partial charge is 0.253 e. The minimum Gasteiger partial charge on any atom is -0.378 e. The molecule has 0 aliphatic carbocycles. The predicted molar refractivity (Wildman–Crippen MR) is 138 cm³/mol. The van der Waals surface area contributed by atoms with Gasteiger partial charge in [-0.25, -0.2) is 0 Å². The van der Waals surface area contributed by atoms with Crippen LogP contribution in [0.1, 0.15) is 103 Å². The third-order valence-corrected chi connectivity index (χ3v) is 6.11. The van der Waals surface area contributed by atoms with Gasteiger partial charge in [0.05, 0.1) is 13.2 Å². The number of carbonyl (C=O) groups excluding carboxylic acids is 4. The lowest BCUT2D eigenvalue weighted by Gasteiger charge is -2.13. The van der Waals surface area contributed by atoms with E-state index in [0.29, 0.717) is 32.7 Å². The third-order valence-electron chi connectivity index (χ3n) is 6.11. The molecule has 0 aromatic heterocycles. The van der Waals surface area contributed by atoms with Gasteiger partial charge in [0.25, 0.3) is 11.8 Å². The van der Waals surface area contributed by atoms with Crippen LogP contribution >= 0.6 is 0 Å². The number of nitrogens with one attached hydrogen (secondary N) is 2. The lowest BCUT2D eigenvalue weighted by Crippen LogP contribution is -2.35. The van der Waals surface area contributed by atoms with Gasteiger partial charge in [0.1, 0.15) is 0 Å². The summed E-state index contributed by atoms with van der Waals surface area (Å²) in [6.45, 7) is 3.85. The maximum absolute atomic E-state index is 11.9. The monoisotopic (exact) mass is 493 g/mol. The molecule has 0 saturated carbocycles. The standard InChI is InChI=1S/C27H47N3O5/c1-2-3-4-5-6-7-8-9-10-11-12-13-14-15-24(31)28-19-22-35-23-20-29-25(32)18-21-30-26(33)16-17-27(30)34/h16-17H,2-15,18-23H2,1H3,(H,28,31)(H,29,32). The Morgan fingerprint density at radius 3 is 1.60 bits per heavy atom. The molecule has 0 unspecified atom stereocenters. The molecule has 0 bridgehead atoms. The molecule has 0 spiro atoms. The second kappa shape index (κ2) is 21.1. The first-order chi connectivity index (χ1) is 17.0. The van der Waals surface area contributed by atoms with E-state index in [1.807, 2.05) is 0 Å². The van der Waals surface area contributed by atoms with E-state index in [4.69, 9.17) is 4.74 Å². The highest BCUT2D eigenvalue weighted by Gasteiger charge is 2.23. The fourth-order valence-corrected chi connectivity index (χ4v) is 3.97. The highest BCUT2D eigenvalue weighted by atomic mass is 16.5. The number of amides is 4. The maximum Gasteiger partial charge on any atom is 0.253 e. The number of unbranched alkanes of at least 4 members (excludes halogenated alkanes) is 12. The summed E-state index contributed by atoms with van der Waals surface area (Å²) in [7, 11) is 0. The fraction of sp³-hybridized carbons (Fsp3) is 0.778. The maximum atomic E-state index is 11.9. The topological polar surface area (TPSA) is 105 Å². The van der Waals surface area contributed by atoms with E-state index in [-0.39, 0.29) is 36.6 Å². The minimum atomic E-state index is -0.387. The summed E-state index contributed by atoms with van der Waals surface area (Å²) < 4.78 is 5.41. The molecule has 8 heteroatoms. The molecular formula is C27H47N3O5. The highest BCUT2D eigenvalue weighted by Crippen LogP contribution is 2.13. The molecule has 0 radical (unpaired) electrons. The van der Waals surface area contributed by atoms with Gasteiger partial charge >= 0.3 is 0 Å². The van der Waals surface area contributed by atoms with Crippen LogP contribution in [-0.4, -0.2) is 61.4 Å². The number of rotatable bonds is 23. The molecule has 35 heavy (non-hydrogen) atoms. The van der Waals surface area contributed by atoms with Crippen molar-refractivity contribution in [3.05, 3.63) is 12.2 Å². The molecule has 1 aliphatic heterocycles. The average Bonchev–Trinajstić information content (AvgIpc) is 3.17. The van der Waals surface area contributed by atoms with Crippen molar-refractivity contribution < 1.29 is 23.9 Å². The van der Waals surface area contributed by atoms with Gasteiger partial charge in [0.2, 0.25) is 11.8 Å². The highest BCUT2D eigenvalue weighted by molar-refractivity contribution is 6.13. The van der Waals surface area contributed by atoms with Gasteiger partial charge in [-0.15, -0.1) is 0 Å². The third kappa shape index (κ3) is 16.9. The number of hydrogen-bond acceptors (Lipinski definition) is 5. The molecule has 0 saturated heterocycles. The molecule has 1 heterocycles. The van der Waals surface area contributed by atoms with Crippen LogP contribution in [0.3, 0.4) is 0 Å². The first-order valence-electron chi connectivity index (χ1n) is 13.7. The Morgan fingerprint density at radius 1 is 0.686 bits per heavy atom. The number of imide groups is 1. The van der Waals surface area contributed by atoms with E-state index in [0.717, 1.165) is 17.7 Å². The Hall–Kier alpha value is -2.22. The molecule has 2 N–H and O–H groups in total. The Kier molecular flexibility index (Phi) is 18.6. The van der Waals surface area contributed by atoms with E-state index in [2.05, 4.69) is 17.6 Å². The van der Waals surface area contributed by atoms with Crippen molar-refractivity contribution in [3.8, 4) is 0 Å². The molecule has 0 fully saturated rings. The molecule has 0 aromatic rings. The summed E-state index contributed by atoms with van der Waals surface area (Å²) in [4.78, 5) is 47.5. The Bertz CT molecular complexity index is 633. The van der Waals surface area contributed by atoms with Gasteiger partial charge in [-0.1, -0.05) is 84.0 Å². The second-order valence-corrected chi connectivity index (χ2v) is 9.22. The van der Waals surface area contributed by atoms with E-state index in [9.17, 15) is 19.2 Å². The first-order valence-corrected chi connectivity index (χ1v) is 13.7. The summed E-state index contributed by atoms with van der Waals surface area (Å²) in [6, 6.07) is 0. The van der Waals surface area contributed by atoms with Crippen LogP contribution < -0.4 is 10.6 Å².